The lowest BCUT2D eigenvalue weighted by Crippen LogP contribution is -2.57. The van der Waals surface area contributed by atoms with Gasteiger partial charge in [0.1, 0.15) is 24.2 Å². The van der Waals surface area contributed by atoms with Gasteiger partial charge in [-0.3, -0.25) is 38.4 Å². The average Bonchev–Trinajstić information content (AvgIpc) is 3.09. The van der Waals surface area contributed by atoms with Crippen molar-refractivity contribution in [2.45, 2.75) is 102 Å². The molecule has 9 atom stereocenters. The van der Waals surface area contributed by atoms with E-state index in [0.717, 1.165) is 13.8 Å². The molecule has 0 aliphatic carbocycles. The van der Waals surface area contributed by atoms with E-state index in [2.05, 4.69) is 37.2 Å². The fraction of sp³-hybridized carbons (Fsp3) is 0.700. The normalized spacial score (nSPS) is 15.9. The molecule has 0 saturated heterocycles. The van der Waals surface area contributed by atoms with Crippen molar-refractivity contribution >= 4 is 53.2 Å². The minimum Gasteiger partial charge on any atom is -0.480 e. The number of nitrogens with two attached hydrogens (primary N) is 2. The number of aliphatic carboxylic acids is 1. The van der Waals surface area contributed by atoms with Crippen LogP contribution in [0.25, 0.3) is 0 Å². The van der Waals surface area contributed by atoms with E-state index in [9.17, 15) is 63.6 Å². The van der Waals surface area contributed by atoms with Gasteiger partial charge in [0.2, 0.25) is 47.3 Å². The lowest BCUT2D eigenvalue weighted by atomic mass is 10.1. The number of aliphatic hydroxyl groups excluding tert-OH is 4. The van der Waals surface area contributed by atoms with E-state index in [1.54, 1.807) is 0 Å². The summed E-state index contributed by atoms with van der Waals surface area (Å²) in [5.41, 5.74) is 11.0. The summed E-state index contributed by atoms with van der Waals surface area (Å²) in [6.07, 6.45) is -4.77. The molecule has 24 nitrogen and oxygen atoms in total. The van der Waals surface area contributed by atoms with Crippen molar-refractivity contribution in [3.8, 4) is 0 Å². The fourth-order valence-corrected chi connectivity index (χ4v) is 4.23. The number of rotatable bonds is 25. The molecule has 308 valence electrons. The monoisotopic (exact) mass is 778 g/mol. The number of carboxylic acids is 1. The maximum absolute atomic E-state index is 12.9. The van der Waals surface area contributed by atoms with Crippen molar-refractivity contribution in [2.75, 3.05) is 32.7 Å². The molecule has 0 aliphatic rings. The Kier molecular flexibility index (Phi) is 22.8. The minimum atomic E-state index is -1.66. The van der Waals surface area contributed by atoms with Crippen LogP contribution in [0, 0.1) is 0 Å². The summed E-state index contributed by atoms with van der Waals surface area (Å²) >= 11 is 0. The second-order valence-corrected chi connectivity index (χ2v) is 12.2. The van der Waals surface area contributed by atoms with Crippen molar-refractivity contribution in [2.24, 2.45) is 11.5 Å². The third-order valence-corrected chi connectivity index (χ3v) is 7.34. The first-order valence-corrected chi connectivity index (χ1v) is 16.8. The smallest absolute Gasteiger partial charge is 0.328 e. The third-order valence-electron chi connectivity index (χ3n) is 7.34. The topological polar surface area (TPSA) is 403 Å². The van der Waals surface area contributed by atoms with Crippen molar-refractivity contribution < 1.29 is 68.7 Å². The first-order valence-electron chi connectivity index (χ1n) is 16.8. The van der Waals surface area contributed by atoms with E-state index in [-0.39, 0.29) is 13.0 Å². The van der Waals surface area contributed by atoms with Gasteiger partial charge in [-0.05, 0) is 53.5 Å². The van der Waals surface area contributed by atoms with Gasteiger partial charge >= 0.3 is 5.97 Å². The van der Waals surface area contributed by atoms with Crippen molar-refractivity contribution in [3.05, 3.63) is 0 Å². The summed E-state index contributed by atoms with van der Waals surface area (Å²) in [5.74, 6) is -9.01. The molecular formula is C30H54N10O14. The summed E-state index contributed by atoms with van der Waals surface area (Å²) in [5, 5.41) is 65.4. The Morgan fingerprint density at radius 1 is 0.500 bits per heavy atom. The summed E-state index contributed by atoms with van der Waals surface area (Å²) in [4.78, 5) is 111. The van der Waals surface area contributed by atoms with Gasteiger partial charge in [0.05, 0.1) is 50.6 Å². The van der Waals surface area contributed by atoms with E-state index in [1.807, 2.05) is 5.32 Å². The summed E-state index contributed by atoms with van der Waals surface area (Å²) in [7, 11) is 0. The lowest BCUT2D eigenvalue weighted by Gasteiger charge is -2.23. The molecule has 0 saturated carbocycles. The number of unbranched alkanes of at least 4 members (excludes halogenated alkanes) is 1. The summed E-state index contributed by atoms with van der Waals surface area (Å²) in [6.45, 7) is 2.08. The number of hydrogen-bond acceptors (Lipinski definition) is 15. The Morgan fingerprint density at radius 2 is 0.852 bits per heavy atom. The van der Waals surface area contributed by atoms with Gasteiger partial charge in [0.15, 0.2) is 6.04 Å². The molecule has 0 aliphatic heterocycles. The SMILES string of the molecule is C[C@@H](O)[C@H](N)C(=O)NCC(=O)N[C@H](C(=O)NCC(=O)N[C@@H](CCCCN)C(=O)NCC(=O)N[C@H](C(=O)NCC(=O)N[C@H](C(=O)O)[C@@H](C)O)[C@@H](C)O)[C@@H](C)O. The Balaban J connectivity index is 5.24. The van der Waals surface area contributed by atoms with Crippen molar-refractivity contribution in [1.29, 1.82) is 0 Å². The van der Waals surface area contributed by atoms with E-state index in [0.29, 0.717) is 12.8 Å². The Morgan fingerprint density at radius 3 is 1.20 bits per heavy atom. The standard InChI is InChI=1S/C30H54N10O14/c1-13(41)22(32)27(50)34-11-20(47)39-23(14(2)42)28(51)35-9-18(45)37-17(7-5-6-8-31)26(49)33-10-19(46)38-24(15(3)43)29(52)36-12-21(48)40-25(16(4)44)30(53)54/h13-17,22-25,41-44H,5-12,31-32H2,1-4H3,(H,33,49)(H,34,50)(H,35,51)(H,36,52)(H,37,45)(H,38,46)(H,39,47)(H,40,48)(H,53,54)/t13-,14-,15-,16-,17+,22+,23+,24+,25+/m1/s1. The van der Waals surface area contributed by atoms with E-state index >= 15 is 0 Å². The summed E-state index contributed by atoms with van der Waals surface area (Å²) < 4.78 is 0. The molecule has 0 heterocycles. The molecule has 0 aromatic rings. The highest BCUT2D eigenvalue weighted by atomic mass is 16.4. The van der Waals surface area contributed by atoms with E-state index in [4.69, 9.17) is 16.6 Å². The van der Waals surface area contributed by atoms with Crippen molar-refractivity contribution in [3.63, 3.8) is 0 Å². The number of carbonyl (C=O) groups is 9. The second kappa shape index (κ2) is 25.1. The van der Waals surface area contributed by atoms with Gasteiger partial charge in [-0.25, -0.2) is 4.79 Å². The highest BCUT2D eigenvalue weighted by Gasteiger charge is 2.30. The van der Waals surface area contributed by atoms with Crippen LogP contribution in [-0.2, 0) is 43.2 Å². The highest BCUT2D eigenvalue weighted by Crippen LogP contribution is 2.02. The van der Waals surface area contributed by atoms with Gasteiger partial charge in [-0.15, -0.1) is 0 Å². The van der Waals surface area contributed by atoms with Gasteiger partial charge in [0.25, 0.3) is 0 Å². The zero-order valence-electron chi connectivity index (χ0n) is 30.4. The molecule has 17 N–H and O–H groups in total. The van der Waals surface area contributed by atoms with Gasteiger partial charge in [-0.1, -0.05) is 0 Å². The van der Waals surface area contributed by atoms with Crippen LogP contribution in [-0.4, -0.2) is 166 Å². The predicted octanol–water partition coefficient (Wildman–Crippen LogP) is -8.55. The molecule has 0 bridgehead atoms. The number of aliphatic hydroxyl groups is 4. The first-order chi connectivity index (χ1) is 25.1. The summed E-state index contributed by atoms with van der Waals surface area (Å²) in [6, 6.07) is -7.42. The maximum atomic E-state index is 12.9. The molecule has 0 rings (SSSR count). The average molecular weight is 779 g/mol. The zero-order chi connectivity index (χ0) is 41.7. The molecule has 24 heteroatoms. The first kappa shape index (κ1) is 49.0. The predicted molar refractivity (Wildman–Crippen MR) is 185 cm³/mol. The van der Waals surface area contributed by atoms with Crippen LogP contribution in [0.15, 0.2) is 0 Å². The Bertz CT molecular complexity index is 1310. The quantitative estimate of drug-likeness (QED) is 0.0383. The van der Waals surface area contributed by atoms with Gasteiger partial charge in [-0.2, -0.15) is 0 Å². The van der Waals surface area contributed by atoms with E-state index in [1.165, 1.54) is 13.8 Å². The van der Waals surface area contributed by atoms with Gasteiger partial charge < -0.3 is 79.5 Å². The molecule has 8 amide bonds. The molecule has 0 aromatic heterocycles. The molecule has 0 aromatic carbocycles. The molecule has 0 radical (unpaired) electrons. The number of nitrogens with one attached hydrogen (secondary N) is 8. The largest absolute Gasteiger partial charge is 0.480 e. The number of amides is 8. The Labute approximate surface area is 310 Å². The van der Waals surface area contributed by atoms with Crippen LogP contribution in [0.1, 0.15) is 47.0 Å². The number of hydrogen-bond donors (Lipinski definition) is 15. The fourth-order valence-electron chi connectivity index (χ4n) is 4.23. The molecular weight excluding hydrogens is 724 g/mol. The van der Waals surface area contributed by atoms with Crippen molar-refractivity contribution in [1.82, 2.24) is 42.5 Å². The molecule has 54 heavy (non-hydrogen) atoms. The maximum Gasteiger partial charge on any atom is 0.328 e. The van der Waals surface area contributed by atoms with E-state index < -0.39 is 134 Å². The lowest BCUT2D eigenvalue weighted by molar-refractivity contribution is -0.144. The second-order valence-electron chi connectivity index (χ2n) is 12.2. The number of carbonyl (C=O) groups excluding carboxylic acids is 8. The van der Waals surface area contributed by atoms with Crippen LogP contribution < -0.4 is 54.0 Å². The number of carboxylic acid groups (broad SMARTS) is 1. The van der Waals surface area contributed by atoms with Crippen LogP contribution in [0.2, 0.25) is 0 Å². The van der Waals surface area contributed by atoms with Crippen LogP contribution >= 0.6 is 0 Å². The van der Waals surface area contributed by atoms with Crippen LogP contribution in [0.4, 0.5) is 0 Å². The zero-order valence-corrected chi connectivity index (χ0v) is 30.4. The Hall–Kier alpha value is -5.01. The van der Waals surface area contributed by atoms with Crippen LogP contribution in [0.3, 0.4) is 0 Å². The highest BCUT2D eigenvalue weighted by molar-refractivity contribution is 5.96. The molecule has 0 fully saturated rings. The third kappa shape index (κ3) is 19.2. The minimum absolute atomic E-state index is 0.0414. The van der Waals surface area contributed by atoms with Crippen LogP contribution in [0.5, 0.6) is 0 Å². The molecule has 0 unspecified atom stereocenters. The van der Waals surface area contributed by atoms with Gasteiger partial charge in [0, 0.05) is 0 Å². The molecule has 0 spiro atoms.